The minimum Gasteiger partial charge on any atom is -0.312 e. The van der Waals surface area contributed by atoms with Gasteiger partial charge in [0.15, 0.2) is 11.6 Å². The quantitative estimate of drug-likeness (QED) is 0.520. The minimum absolute atomic E-state index is 0.0569. The van der Waals surface area contributed by atoms with Crippen LogP contribution in [0.15, 0.2) is 54.6 Å². The molecule has 1 aliphatic rings. The van der Waals surface area contributed by atoms with Crippen LogP contribution in [0.5, 0.6) is 0 Å². The summed E-state index contributed by atoms with van der Waals surface area (Å²) in [5.41, 5.74) is 5.25. The molecule has 0 amide bonds. The van der Waals surface area contributed by atoms with E-state index in [0.717, 1.165) is 22.6 Å². The lowest BCUT2D eigenvalue weighted by Crippen LogP contribution is -2.05. The van der Waals surface area contributed by atoms with Crippen molar-refractivity contribution in [1.82, 2.24) is 4.57 Å². The van der Waals surface area contributed by atoms with Crippen molar-refractivity contribution < 1.29 is 9.59 Å². The van der Waals surface area contributed by atoms with Gasteiger partial charge in [0.05, 0.1) is 16.8 Å². The minimum atomic E-state index is -0.0745. The van der Waals surface area contributed by atoms with Gasteiger partial charge in [0, 0.05) is 22.5 Å². The van der Waals surface area contributed by atoms with Crippen molar-refractivity contribution in [2.75, 3.05) is 0 Å². The molecule has 0 bridgehead atoms. The molecular formula is C20H15NO2. The zero-order chi connectivity index (χ0) is 16.1. The number of para-hydroxylation sites is 1. The van der Waals surface area contributed by atoms with Gasteiger partial charge in [0.1, 0.15) is 0 Å². The SMILES string of the molecule is CC(=O)c1c2c(n(-c3ccccc3)c1C)-c1ccccc1C2=O. The number of aromatic nitrogens is 1. The number of carbonyl (C=O) groups excluding carboxylic acids is 2. The average molecular weight is 301 g/mol. The Balaban J connectivity index is 2.16. The molecule has 0 radical (unpaired) electrons. The highest BCUT2D eigenvalue weighted by Crippen LogP contribution is 2.42. The first-order valence-electron chi connectivity index (χ1n) is 7.57. The Hall–Kier alpha value is -2.94. The molecule has 1 heterocycles. The molecule has 0 atom stereocenters. The normalized spacial score (nSPS) is 12.2. The fourth-order valence-electron chi connectivity index (χ4n) is 3.52. The van der Waals surface area contributed by atoms with E-state index < -0.39 is 0 Å². The summed E-state index contributed by atoms with van der Waals surface area (Å²) in [4.78, 5) is 25.0. The Morgan fingerprint density at radius 2 is 1.52 bits per heavy atom. The van der Waals surface area contributed by atoms with Crippen molar-refractivity contribution >= 4 is 11.6 Å². The van der Waals surface area contributed by atoms with E-state index in [4.69, 9.17) is 0 Å². The number of hydrogen-bond acceptors (Lipinski definition) is 2. The molecule has 1 aromatic heterocycles. The van der Waals surface area contributed by atoms with Gasteiger partial charge in [-0.3, -0.25) is 9.59 Å². The molecule has 0 fully saturated rings. The second-order valence-electron chi connectivity index (χ2n) is 5.79. The number of ketones is 2. The van der Waals surface area contributed by atoms with E-state index in [1.54, 1.807) is 0 Å². The average Bonchev–Trinajstić information content (AvgIpc) is 3.01. The van der Waals surface area contributed by atoms with Gasteiger partial charge in [-0.05, 0) is 26.0 Å². The summed E-state index contributed by atoms with van der Waals surface area (Å²) in [5.74, 6) is -0.131. The first kappa shape index (κ1) is 13.7. The highest BCUT2D eigenvalue weighted by Gasteiger charge is 2.36. The van der Waals surface area contributed by atoms with Crippen LogP contribution in [0.4, 0.5) is 0 Å². The van der Waals surface area contributed by atoms with E-state index in [1.807, 2.05) is 66.1 Å². The van der Waals surface area contributed by atoms with Crippen molar-refractivity contribution in [3.63, 3.8) is 0 Å². The predicted molar refractivity (Wildman–Crippen MR) is 89.4 cm³/mol. The second-order valence-corrected chi connectivity index (χ2v) is 5.79. The number of nitrogens with zero attached hydrogens (tertiary/aromatic N) is 1. The third kappa shape index (κ3) is 1.77. The van der Waals surface area contributed by atoms with Gasteiger partial charge in [0.2, 0.25) is 0 Å². The maximum Gasteiger partial charge on any atom is 0.196 e. The second kappa shape index (κ2) is 4.78. The number of benzene rings is 2. The van der Waals surface area contributed by atoms with Crippen molar-refractivity contribution in [1.29, 1.82) is 0 Å². The Bertz CT molecular complexity index is 965. The molecule has 3 nitrogen and oxygen atoms in total. The van der Waals surface area contributed by atoms with E-state index in [-0.39, 0.29) is 11.6 Å². The lowest BCUT2D eigenvalue weighted by atomic mass is 10.0. The molecule has 1 aliphatic carbocycles. The van der Waals surface area contributed by atoms with Crippen LogP contribution in [-0.2, 0) is 0 Å². The molecule has 0 aliphatic heterocycles. The zero-order valence-corrected chi connectivity index (χ0v) is 13.0. The van der Waals surface area contributed by atoms with Crippen LogP contribution < -0.4 is 0 Å². The van der Waals surface area contributed by atoms with Gasteiger partial charge in [-0.1, -0.05) is 42.5 Å². The fourth-order valence-corrected chi connectivity index (χ4v) is 3.52. The number of Topliss-reactive ketones (excluding diaryl/α,β-unsaturated/α-hetero) is 1. The molecule has 0 saturated heterocycles. The summed E-state index contributed by atoms with van der Waals surface area (Å²) in [5, 5.41) is 0. The van der Waals surface area contributed by atoms with E-state index in [2.05, 4.69) is 0 Å². The van der Waals surface area contributed by atoms with Crippen LogP contribution in [-0.4, -0.2) is 16.1 Å². The lowest BCUT2D eigenvalue weighted by molar-refractivity contribution is 0.0992. The number of fused-ring (bicyclic) bond motifs is 3. The first-order chi connectivity index (χ1) is 11.1. The first-order valence-corrected chi connectivity index (χ1v) is 7.57. The maximum absolute atomic E-state index is 12.8. The molecule has 0 saturated carbocycles. The zero-order valence-electron chi connectivity index (χ0n) is 13.0. The topological polar surface area (TPSA) is 39.1 Å². The Morgan fingerprint density at radius 3 is 2.17 bits per heavy atom. The van der Waals surface area contributed by atoms with Crippen LogP contribution in [0.1, 0.15) is 38.9 Å². The van der Waals surface area contributed by atoms with Crippen molar-refractivity contribution in [3.8, 4) is 16.9 Å². The number of hydrogen-bond donors (Lipinski definition) is 0. The Labute approximate surface area is 134 Å². The fraction of sp³-hybridized carbons (Fsp3) is 0.100. The van der Waals surface area contributed by atoms with Gasteiger partial charge in [-0.15, -0.1) is 0 Å². The van der Waals surface area contributed by atoms with Gasteiger partial charge in [-0.2, -0.15) is 0 Å². The smallest absolute Gasteiger partial charge is 0.196 e. The van der Waals surface area contributed by atoms with Gasteiger partial charge in [-0.25, -0.2) is 0 Å². The summed E-state index contributed by atoms with van der Waals surface area (Å²) < 4.78 is 2.02. The summed E-state index contributed by atoms with van der Waals surface area (Å²) in [7, 11) is 0. The lowest BCUT2D eigenvalue weighted by Gasteiger charge is -2.11. The molecule has 0 unspecified atom stereocenters. The predicted octanol–water partition coefficient (Wildman–Crippen LogP) is 4.20. The highest BCUT2D eigenvalue weighted by atomic mass is 16.1. The molecule has 2 aromatic carbocycles. The highest BCUT2D eigenvalue weighted by molar-refractivity contribution is 6.26. The van der Waals surface area contributed by atoms with Gasteiger partial charge < -0.3 is 4.57 Å². The van der Waals surface area contributed by atoms with Crippen molar-refractivity contribution in [2.45, 2.75) is 13.8 Å². The molecule has 3 aromatic rings. The monoisotopic (exact) mass is 301 g/mol. The third-order valence-corrected chi connectivity index (χ3v) is 4.43. The Kier molecular flexibility index (Phi) is 2.85. The number of rotatable bonds is 2. The maximum atomic E-state index is 12.8. The van der Waals surface area contributed by atoms with Crippen LogP contribution in [0.2, 0.25) is 0 Å². The molecule has 4 rings (SSSR count). The summed E-state index contributed by atoms with van der Waals surface area (Å²) in [6, 6.07) is 17.4. The van der Waals surface area contributed by atoms with Gasteiger partial charge in [0.25, 0.3) is 0 Å². The van der Waals surface area contributed by atoms with E-state index in [0.29, 0.717) is 16.7 Å². The van der Waals surface area contributed by atoms with E-state index >= 15 is 0 Å². The van der Waals surface area contributed by atoms with E-state index in [1.165, 1.54) is 6.92 Å². The van der Waals surface area contributed by atoms with E-state index in [9.17, 15) is 9.59 Å². The Morgan fingerprint density at radius 1 is 0.913 bits per heavy atom. The van der Waals surface area contributed by atoms with Crippen LogP contribution in [0.3, 0.4) is 0 Å². The summed E-state index contributed by atoms with van der Waals surface area (Å²) >= 11 is 0. The third-order valence-electron chi connectivity index (χ3n) is 4.43. The molecular weight excluding hydrogens is 286 g/mol. The van der Waals surface area contributed by atoms with Crippen LogP contribution in [0, 0.1) is 6.92 Å². The molecule has 3 heteroatoms. The van der Waals surface area contributed by atoms with Crippen LogP contribution in [0.25, 0.3) is 16.9 Å². The van der Waals surface area contributed by atoms with Gasteiger partial charge >= 0.3 is 0 Å². The molecule has 112 valence electrons. The molecule has 23 heavy (non-hydrogen) atoms. The van der Waals surface area contributed by atoms with Crippen molar-refractivity contribution in [2.24, 2.45) is 0 Å². The van der Waals surface area contributed by atoms with Crippen molar-refractivity contribution in [3.05, 3.63) is 77.0 Å². The molecule has 0 N–H and O–H groups in total. The number of carbonyl (C=O) groups is 2. The van der Waals surface area contributed by atoms with Crippen LogP contribution >= 0.6 is 0 Å². The standard InChI is InChI=1S/C20H15NO2/c1-12-17(13(2)22)18-19(21(12)14-8-4-3-5-9-14)15-10-6-7-11-16(15)20(18)23/h3-11H,1-2H3. The summed E-state index contributed by atoms with van der Waals surface area (Å²) in [6.07, 6.45) is 0. The largest absolute Gasteiger partial charge is 0.312 e. The summed E-state index contributed by atoms with van der Waals surface area (Å²) in [6.45, 7) is 3.42. The molecule has 0 spiro atoms.